The molecule has 1 aromatic carbocycles. The van der Waals surface area contributed by atoms with Crippen molar-refractivity contribution in [3.63, 3.8) is 0 Å². The number of hydrogen-bond acceptors (Lipinski definition) is 6. The predicted molar refractivity (Wildman–Crippen MR) is 145 cm³/mol. The summed E-state index contributed by atoms with van der Waals surface area (Å²) in [6.07, 6.45) is 7.85. The van der Waals surface area contributed by atoms with Gasteiger partial charge >= 0.3 is 0 Å². The van der Waals surface area contributed by atoms with Crippen LogP contribution in [0.5, 0.6) is 0 Å². The fourth-order valence-electron chi connectivity index (χ4n) is 5.02. The van der Waals surface area contributed by atoms with Crippen LogP contribution in [0.2, 0.25) is 0 Å². The van der Waals surface area contributed by atoms with Crippen LogP contribution in [0.3, 0.4) is 0 Å². The highest BCUT2D eigenvalue weighted by Gasteiger charge is 2.27. The summed E-state index contributed by atoms with van der Waals surface area (Å²) < 4.78 is 1.82. The molecule has 2 amide bonds. The Morgan fingerprint density at radius 2 is 1.89 bits per heavy atom. The predicted octanol–water partition coefficient (Wildman–Crippen LogP) is 5.59. The van der Waals surface area contributed by atoms with Gasteiger partial charge in [-0.25, -0.2) is 9.97 Å². The summed E-state index contributed by atoms with van der Waals surface area (Å²) in [5.74, 6) is 0.262. The van der Waals surface area contributed by atoms with Crippen LogP contribution in [0.15, 0.2) is 41.9 Å². The summed E-state index contributed by atoms with van der Waals surface area (Å²) in [5, 5.41) is 5.82. The maximum Gasteiger partial charge on any atom is 0.274 e. The molecule has 0 saturated heterocycles. The molecule has 3 heterocycles. The summed E-state index contributed by atoms with van der Waals surface area (Å²) in [5.41, 5.74) is 2.78. The Morgan fingerprint density at radius 3 is 2.67 bits per heavy atom. The van der Waals surface area contributed by atoms with Gasteiger partial charge in [-0.05, 0) is 38.2 Å². The van der Waals surface area contributed by atoms with Gasteiger partial charge in [-0.15, -0.1) is 22.7 Å². The summed E-state index contributed by atoms with van der Waals surface area (Å²) >= 11 is 3.06. The lowest BCUT2D eigenvalue weighted by Crippen LogP contribution is -2.42. The third-order valence-corrected chi connectivity index (χ3v) is 8.56. The second kappa shape index (κ2) is 10.9. The summed E-state index contributed by atoms with van der Waals surface area (Å²) in [4.78, 5) is 39.6. The Kier molecular flexibility index (Phi) is 7.48. The van der Waals surface area contributed by atoms with Gasteiger partial charge in [0.25, 0.3) is 11.8 Å². The molecule has 3 aromatic heterocycles. The first-order chi connectivity index (χ1) is 17.5. The molecule has 0 unspecified atom stereocenters. The van der Waals surface area contributed by atoms with Crippen LogP contribution in [0.1, 0.15) is 63.8 Å². The fourth-order valence-corrected chi connectivity index (χ4v) is 6.70. The number of hydrogen-bond donors (Lipinski definition) is 1. The molecule has 36 heavy (non-hydrogen) atoms. The van der Waals surface area contributed by atoms with E-state index in [2.05, 4.69) is 15.3 Å². The zero-order chi connectivity index (χ0) is 25.1. The molecule has 4 aromatic rings. The standard InChI is InChI=1S/C27H31N5O2S2/c1-18-23(32-15-16-35-27(32)29-18)25(33)28-13-14-31(17-20-9-5-3-6-10-20)26(34)22-24(36-19(2)30-22)21-11-7-4-8-12-21/h4,7-8,11-12,15-16,20H,3,5-6,9-10,13-14,17H2,1-2H3,(H,28,33). The molecule has 0 spiro atoms. The van der Waals surface area contributed by atoms with E-state index in [1.54, 1.807) is 11.3 Å². The number of thiazole rings is 2. The van der Waals surface area contributed by atoms with Crippen molar-refractivity contribution < 1.29 is 9.59 Å². The monoisotopic (exact) mass is 521 g/mol. The highest BCUT2D eigenvalue weighted by Crippen LogP contribution is 2.32. The lowest BCUT2D eigenvalue weighted by Gasteiger charge is -2.30. The first-order valence-electron chi connectivity index (χ1n) is 12.5. The minimum Gasteiger partial charge on any atom is -0.349 e. The lowest BCUT2D eigenvalue weighted by molar-refractivity contribution is 0.0703. The molecule has 0 aliphatic heterocycles. The van der Waals surface area contributed by atoms with Crippen molar-refractivity contribution in [1.29, 1.82) is 0 Å². The second-order valence-corrected chi connectivity index (χ2v) is 11.5. The Bertz CT molecular complexity index is 1350. The number of carbonyl (C=O) groups excluding carboxylic acids is 2. The third kappa shape index (κ3) is 5.22. The van der Waals surface area contributed by atoms with Crippen molar-refractivity contribution >= 4 is 39.4 Å². The van der Waals surface area contributed by atoms with E-state index < -0.39 is 0 Å². The highest BCUT2D eigenvalue weighted by molar-refractivity contribution is 7.15. The number of imidazole rings is 1. The summed E-state index contributed by atoms with van der Waals surface area (Å²) in [6, 6.07) is 9.99. The van der Waals surface area contributed by atoms with Crippen LogP contribution in [0.4, 0.5) is 0 Å². The van der Waals surface area contributed by atoms with E-state index in [9.17, 15) is 9.59 Å². The Morgan fingerprint density at radius 1 is 1.11 bits per heavy atom. The van der Waals surface area contributed by atoms with Gasteiger partial charge in [-0.3, -0.25) is 14.0 Å². The fraction of sp³-hybridized carbons (Fsp3) is 0.407. The zero-order valence-electron chi connectivity index (χ0n) is 20.7. The van der Waals surface area contributed by atoms with Gasteiger partial charge in [0.05, 0.1) is 15.6 Å². The molecule has 1 N–H and O–H groups in total. The van der Waals surface area contributed by atoms with Gasteiger partial charge in [-0.2, -0.15) is 0 Å². The van der Waals surface area contributed by atoms with Crippen molar-refractivity contribution in [2.45, 2.75) is 46.0 Å². The van der Waals surface area contributed by atoms with Crippen molar-refractivity contribution in [3.05, 3.63) is 64.0 Å². The molecule has 0 atom stereocenters. The van der Waals surface area contributed by atoms with Gasteiger partial charge in [0.2, 0.25) is 0 Å². The van der Waals surface area contributed by atoms with E-state index >= 15 is 0 Å². The molecular weight excluding hydrogens is 490 g/mol. The molecule has 1 saturated carbocycles. The molecule has 1 aliphatic rings. The Labute approximate surface area is 219 Å². The summed E-state index contributed by atoms with van der Waals surface area (Å²) in [6.45, 7) is 5.30. The summed E-state index contributed by atoms with van der Waals surface area (Å²) in [7, 11) is 0. The number of benzene rings is 1. The molecule has 1 aliphatic carbocycles. The van der Waals surface area contributed by atoms with E-state index in [1.165, 1.54) is 30.6 Å². The quantitative estimate of drug-likeness (QED) is 0.328. The van der Waals surface area contributed by atoms with E-state index in [0.29, 0.717) is 42.6 Å². The molecule has 188 valence electrons. The first-order valence-corrected chi connectivity index (χ1v) is 14.2. The van der Waals surface area contributed by atoms with Crippen LogP contribution in [0.25, 0.3) is 15.4 Å². The van der Waals surface area contributed by atoms with Crippen LogP contribution in [-0.4, -0.2) is 50.7 Å². The van der Waals surface area contributed by atoms with Gasteiger partial charge in [0.1, 0.15) is 11.4 Å². The number of nitrogens with one attached hydrogen (secondary N) is 1. The van der Waals surface area contributed by atoms with Crippen LogP contribution < -0.4 is 5.32 Å². The zero-order valence-corrected chi connectivity index (χ0v) is 22.3. The molecule has 5 rings (SSSR count). The van der Waals surface area contributed by atoms with Crippen molar-refractivity contribution in [2.24, 2.45) is 5.92 Å². The van der Waals surface area contributed by atoms with Crippen molar-refractivity contribution in [3.8, 4) is 10.4 Å². The van der Waals surface area contributed by atoms with E-state index in [-0.39, 0.29) is 11.8 Å². The second-order valence-electron chi connectivity index (χ2n) is 9.39. The topological polar surface area (TPSA) is 79.6 Å². The van der Waals surface area contributed by atoms with Crippen LogP contribution in [0, 0.1) is 19.8 Å². The van der Waals surface area contributed by atoms with Crippen LogP contribution >= 0.6 is 22.7 Å². The average Bonchev–Trinajstić information content (AvgIpc) is 3.58. The normalized spacial score (nSPS) is 14.3. The first kappa shape index (κ1) is 24.6. The Balaban J connectivity index is 1.34. The minimum absolute atomic E-state index is 0.0567. The van der Waals surface area contributed by atoms with Crippen molar-refractivity contribution in [2.75, 3.05) is 19.6 Å². The number of nitrogens with zero attached hydrogens (tertiary/aromatic N) is 4. The molecule has 9 heteroatoms. The maximum absolute atomic E-state index is 13.9. The molecule has 1 fully saturated rings. The van der Waals surface area contributed by atoms with E-state index in [4.69, 9.17) is 0 Å². The maximum atomic E-state index is 13.9. The number of fused-ring (bicyclic) bond motifs is 1. The Hall–Kier alpha value is -3.04. The number of carbonyl (C=O) groups is 2. The number of aromatic nitrogens is 3. The van der Waals surface area contributed by atoms with E-state index in [0.717, 1.165) is 33.3 Å². The van der Waals surface area contributed by atoms with Gasteiger partial charge in [0, 0.05) is 31.2 Å². The molecule has 0 bridgehead atoms. The molecule has 0 radical (unpaired) electrons. The number of rotatable bonds is 8. The lowest BCUT2D eigenvalue weighted by atomic mass is 9.89. The van der Waals surface area contributed by atoms with Gasteiger partial charge in [-0.1, -0.05) is 49.6 Å². The van der Waals surface area contributed by atoms with Gasteiger partial charge < -0.3 is 10.2 Å². The minimum atomic E-state index is -0.169. The third-order valence-electron chi connectivity index (χ3n) is 6.78. The highest BCUT2D eigenvalue weighted by atomic mass is 32.1. The smallest absolute Gasteiger partial charge is 0.274 e. The van der Waals surface area contributed by atoms with Crippen molar-refractivity contribution in [1.82, 2.24) is 24.6 Å². The van der Waals surface area contributed by atoms with Crippen LogP contribution in [-0.2, 0) is 0 Å². The molecule has 7 nitrogen and oxygen atoms in total. The average molecular weight is 522 g/mol. The number of aryl methyl sites for hydroxylation is 2. The SMILES string of the molecule is Cc1nc(C(=O)N(CCNC(=O)c2c(C)nc3sccn23)CC2CCCCC2)c(-c2ccccc2)s1. The van der Waals surface area contributed by atoms with E-state index in [1.807, 2.05) is 65.1 Å². The van der Waals surface area contributed by atoms with Gasteiger partial charge in [0.15, 0.2) is 4.96 Å². The number of amides is 2. The molecular formula is C27H31N5O2S2. The largest absolute Gasteiger partial charge is 0.349 e.